The van der Waals surface area contributed by atoms with Gasteiger partial charge < -0.3 is 9.64 Å². The summed E-state index contributed by atoms with van der Waals surface area (Å²) in [6, 6.07) is 2.42. The van der Waals surface area contributed by atoms with Crippen LogP contribution < -0.4 is 26.0 Å². The number of anilines is 1. The lowest BCUT2D eigenvalue weighted by atomic mass is 10.1. The van der Waals surface area contributed by atoms with Crippen LogP contribution in [0, 0.1) is 5.92 Å². The van der Waals surface area contributed by atoms with Gasteiger partial charge in [0, 0.05) is 20.5 Å². The third-order valence-corrected chi connectivity index (χ3v) is 4.71. The van der Waals surface area contributed by atoms with Crippen molar-refractivity contribution in [2.45, 2.75) is 25.9 Å². The van der Waals surface area contributed by atoms with Crippen LogP contribution in [0.5, 0.6) is 5.75 Å². The maximum absolute atomic E-state index is 12.8. The van der Waals surface area contributed by atoms with Crippen LogP contribution in [0.3, 0.4) is 0 Å². The van der Waals surface area contributed by atoms with Crippen molar-refractivity contribution >= 4 is 35.1 Å². The number of hydrogen-bond donors (Lipinski definition) is 3. The molecule has 1 heterocycles. The molecule has 1 aliphatic carbocycles. The van der Waals surface area contributed by atoms with Gasteiger partial charge >= 0.3 is 6.61 Å². The van der Waals surface area contributed by atoms with Gasteiger partial charge in [0.15, 0.2) is 5.75 Å². The molecule has 0 saturated heterocycles. The van der Waals surface area contributed by atoms with Gasteiger partial charge in [0.05, 0.1) is 10.6 Å². The van der Waals surface area contributed by atoms with Crippen molar-refractivity contribution in [2.75, 3.05) is 19.0 Å². The zero-order valence-corrected chi connectivity index (χ0v) is 15.9. The summed E-state index contributed by atoms with van der Waals surface area (Å²) in [5, 5.41) is 7.56. The van der Waals surface area contributed by atoms with Crippen LogP contribution in [-0.2, 0) is 4.79 Å². The molecule has 28 heavy (non-hydrogen) atoms. The van der Waals surface area contributed by atoms with Crippen molar-refractivity contribution < 1.29 is 23.1 Å². The number of hydrazine groups is 2. The minimum absolute atomic E-state index is 0.0210. The highest BCUT2D eigenvalue weighted by atomic mass is 35.5. The molecule has 1 aromatic rings. The summed E-state index contributed by atoms with van der Waals surface area (Å²) in [5.41, 5.74) is 4.96. The van der Waals surface area contributed by atoms with E-state index in [9.17, 15) is 18.4 Å². The Morgan fingerprint density at radius 2 is 2.18 bits per heavy atom. The van der Waals surface area contributed by atoms with E-state index in [4.69, 9.17) is 11.6 Å². The molecule has 152 valence electrons. The van der Waals surface area contributed by atoms with Gasteiger partial charge in [-0.25, -0.2) is 5.53 Å². The Hall–Kier alpha value is -2.66. The molecular formula is C16H19ClF2N6O3. The van der Waals surface area contributed by atoms with Crippen LogP contribution in [-0.4, -0.2) is 43.5 Å². The van der Waals surface area contributed by atoms with E-state index in [1.54, 1.807) is 7.05 Å². The number of hydrazone groups is 1. The second-order valence-electron chi connectivity index (χ2n) is 6.42. The number of carbonyl (C=O) groups excluding carboxylic acids is 2. The van der Waals surface area contributed by atoms with Crippen LogP contribution in [0.1, 0.15) is 29.6 Å². The molecule has 9 nitrogen and oxygen atoms in total. The molecule has 1 aromatic carbocycles. The standard InChI is InChI=1S/C16H19ClF2N6O3/c1-24(11(26)7-8-3-4-8)13-10(28-15(18)19)6-5-9(12(13)17)14(27)20-16-21-22-23-25(16)2/h5-6,8,15,22-23H,3-4,7H2,1-2H3,(H,20,21,27). The third kappa shape index (κ3) is 4.42. The summed E-state index contributed by atoms with van der Waals surface area (Å²) >= 11 is 6.34. The second kappa shape index (κ2) is 8.15. The summed E-state index contributed by atoms with van der Waals surface area (Å²) in [6.45, 7) is -3.11. The lowest BCUT2D eigenvalue weighted by Crippen LogP contribution is -2.45. The van der Waals surface area contributed by atoms with Crippen molar-refractivity contribution in [3.63, 3.8) is 0 Å². The summed E-state index contributed by atoms with van der Waals surface area (Å²) in [5.74, 6) is -0.755. The average molecular weight is 417 g/mol. The van der Waals surface area contributed by atoms with E-state index < -0.39 is 12.5 Å². The van der Waals surface area contributed by atoms with Gasteiger partial charge in [-0.3, -0.25) is 19.9 Å². The van der Waals surface area contributed by atoms with Crippen molar-refractivity contribution in [2.24, 2.45) is 11.0 Å². The zero-order chi connectivity index (χ0) is 20.4. The van der Waals surface area contributed by atoms with Gasteiger partial charge in [-0.2, -0.15) is 8.78 Å². The molecule has 2 amide bonds. The highest BCUT2D eigenvalue weighted by Gasteiger charge is 2.30. The Morgan fingerprint density at radius 3 is 2.75 bits per heavy atom. The van der Waals surface area contributed by atoms with E-state index in [2.05, 4.69) is 26.2 Å². The van der Waals surface area contributed by atoms with Gasteiger partial charge in [0.1, 0.15) is 5.69 Å². The molecule has 12 heteroatoms. The highest BCUT2D eigenvalue weighted by Crippen LogP contribution is 2.40. The van der Waals surface area contributed by atoms with Gasteiger partial charge in [0.2, 0.25) is 11.9 Å². The number of nitrogens with one attached hydrogen (secondary N) is 3. The number of halogens is 3. The first kappa shape index (κ1) is 20.1. The summed E-state index contributed by atoms with van der Waals surface area (Å²) in [7, 11) is 3.02. The monoisotopic (exact) mass is 416 g/mol. The number of hydrogen-bond acceptors (Lipinski definition) is 7. The van der Waals surface area contributed by atoms with Crippen LogP contribution in [0.25, 0.3) is 0 Å². The topological polar surface area (TPSA) is 98.3 Å². The van der Waals surface area contributed by atoms with Crippen molar-refractivity contribution in [1.82, 2.24) is 21.4 Å². The van der Waals surface area contributed by atoms with E-state index in [1.807, 2.05) is 0 Å². The summed E-state index contributed by atoms with van der Waals surface area (Å²) < 4.78 is 30.1. The Kier molecular flexibility index (Phi) is 5.84. The maximum atomic E-state index is 12.8. The largest absolute Gasteiger partial charge is 0.433 e. The van der Waals surface area contributed by atoms with Crippen LogP contribution >= 0.6 is 11.6 Å². The van der Waals surface area contributed by atoms with Crippen LogP contribution in [0.4, 0.5) is 14.5 Å². The molecule has 2 aliphatic rings. The number of amides is 2. The molecule has 0 radical (unpaired) electrons. The lowest BCUT2D eigenvalue weighted by molar-refractivity contribution is -0.118. The molecule has 0 unspecified atom stereocenters. The Labute approximate surface area is 164 Å². The maximum Gasteiger partial charge on any atom is 0.387 e. The quantitative estimate of drug-likeness (QED) is 0.652. The predicted molar refractivity (Wildman–Crippen MR) is 97.8 cm³/mol. The number of benzene rings is 1. The number of guanidine groups is 1. The summed E-state index contributed by atoms with van der Waals surface area (Å²) in [4.78, 5) is 26.2. The fourth-order valence-electron chi connectivity index (χ4n) is 2.62. The molecule has 0 aromatic heterocycles. The SMILES string of the molecule is CN1NNN=C1NC(=O)c1ccc(OC(F)F)c(N(C)C(=O)CC2CC2)c1Cl. The van der Waals surface area contributed by atoms with Gasteiger partial charge in [-0.05, 0) is 30.9 Å². The van der Waals surface area contributed by atoms with E-state index in [-0.39, 0.29) is 46.2 Å². The molecule has 0 spiro atoms. The Morgan fingerprint density at radius 1 is 1.46 bits per heavy atom. The Bertz CT molecular complexity index is 818. The molecule has 1 fully saturated rings. The third-order valence-electron chi connectivity index (χ3n) is 4.33. The number of nitrogens with zero attached hydrogens (tertiary/aromatic N) is 3. The highest BCUT2D eigenvalue weighted by molar-refractivity contribution is 6.37. The minimum Gasteiger partial charge on any atom is -0.433 e. The lowest BCUT2D eigenvalue weighted by Gasteiger charge is -2.23. The smallest absolute Gasteiger partial charge is 0.387 e. The predicted octanol–water partition coefficient (Wildman–Crippen LogP) is 1.66. The number of alkyl halides is 2. The number of carbonyl (C=O) groups is 2. The fourth-order valence-corrected chi connectivity index (χ4v) is 2.99. The second-order valence-corrected chi connectivity index (χ2v) is 6.80. The normalized spacial score (nSPS) is 15.9. The number of ether oxygens (including phenoxy) is 1. The van der Waals surface area contributed by atoms with E-state index >= 15 is 0 Å². The van der Waals surface area contributed by atoms with E-state index in [1.165, 1.54) is 24.2 Å². The van der Waals surface area contributed by atoms with E-state index in [0.717, 1.165) is 17.7 Å². The van der Waals surface area contributed by atoms with E-state index in [0.29, 0.717) is 0 Å². The average Bonchev–Trinajstić information content (AvgIpc) is 3.35. The number of rotatable bonds is 6. The molecule has 0 bridgehead atoms. The van der Waals surface area contributed by atoms with Crippen LogP contribution in [0.2, 0.25) is 5.02 Å². The minimum atomic E-state index is -3.11. The molecular weight excluding hydrogens is 398 g/mol. The summed E-state index contributed by atoms with van der Waals surface area (Å²) in [6.07, 6.45) is 2.18. The first-order chi connectivity index (χ1) is 13.3. The fraction of sp³-hybridized carbons (Fsp3) is 0.438. The van der Waals surface area contributed by atoms with Crippen LogP contribution in [0.15, 0.2) is 17.2 Å². The molecule has 3 rings (SSSR count). The van der Waals surface area contributed by atoms with Gasteiger partial charge in [0.25, 0.3) is 5.91 Å². The first-order valence-electron chi connectivity index (χ1n) is 8.45. The van der Waals surface area contributed by atoms with Gasteiger partial charge in [-0.15, -0.1) is 10.6 Å². The Balaban J connectivity index is 1.91. The molecule has 1 aliphatic heterocycles. The zero-order valence-electron chi connectivity index (χ0n) is 15.1. The van der Waals surface area contributed by atoms with Crippen molar-refractivity contribution in [3.8, 4) is 5.75 Å². The van der Waals surface area contributed by atoms with Crippen molar-refractivity contribution in [1.29, 1.82) is 0 Å². The van der Waals surface area contributed by atoms with Crippen molar-refractivity contribution in [3.05, 3.63) is 22.7 Å². The molecule has 0 atom stereocenters. The van der Waals surface area contributed by atoms with Gasteiger partial charge in [-0.1, -0.05) is 11.6 Å². The molecule has 3 N–H and O–H groups in total. The first-order valence-corrected chi connectivity index (χ1v) is 8.83. The molecule has 1 saturated carbocycles.